The Morgan fingerprint density at radius 3 is 2.33 bits per heavy atom. The van der Waals surface area contributed by atoms with Crippen LogP contribution < -0.4 is 0 Å². The summed E-state index contributed by atoms with van der Waals surface area (Å²) >= 11 is 12.0. The van der Waals surface area contributed by atoms with E-state index in [1.807, 2.05) is 0 Å². The molecule has 1 unspecified atom stereocenters. The number of phenolic OH excluding ortho intramolecular Hbond substituents is 1. The van der Waals surface area contributed by atoms with Gasteiger partial charge in [0.2, 0.25) is 0 Å². The normalized spacial score (nSPS) is 12.3. The zero-order valence-electron chi connectivity index (χ0n) is 14.7. The Hall–Kier alpha value is -2.50. The zero-order valence-corrected chi connectivity index (χ0v) is 16.2. The molecule has 0 spiro atoms. The van der Waals surface area contributed by atoms with Crippen molar-refractivity contribution in [3.8, 4) is 5.75 Å². The molecule has 0 saturated carbocycles. The maximum atomic E-state index is 13.1. The SMILES string of the molecule is CCC(C(=O)O)c1c(C)n(C(=O)c2ccc(Cl)cc2)c2cc(Cl)c(O)cc12. The molecule has 0 radical (unpaired) electrons. The Morgan fingerprint density at radius 1 is 1.15 bits per heavy atom. The molecule has 0 amide bonds. The summed E-state index contributed by atoms with van der Waals surface area (Å²) in [5.74, 6) is -2.30. The molecule has 2 aromatic carbocycles. The molecule has 3 aromatic rings. The third-order valence-corrected chi connectivity index (χ3v) is 5.23. The van der Waals surface area contributed by atoms with Gasteiger partial charge in [-0.2, -0.15) is 0 Å². The monoisotopic (exact) mass is 405 g/mol. The average Bonchev–Trinajstić information content (AvgIpc) is 2.88. The number of carbonyl (C=O) groups is 2. The van der Waals surface area contributed by atoms with Crippen molar-refractivity contribution in [1.29, 1.82) is 0 Å². The number of carbonyl (C=O) groups excluding carboxylic acids is 1. The Balaban J connectivity index is 2.34. The molecule has 1 aromatic heterocycles. The van der Waals surface area contributed by atoms with E-state index in [1.165, 1.54) is 16.7 Å². The van der Waals surface area contributed by atoms with Gasteiger partial charge in [0.15, 0.2) is 0 Å². The molecule has 140 valence electrons. The number of rotatable bonds is 4. The van der Waals surface area contributed by atoms with E-state index in [1.54, 1.807) is 38.1 Å². The van der Waals surface area contributed by atoms with Gasteiger partial charge in [-0.05, 0) is 55.3 Å². The second-order valence-electron chi connectivity index (χ2n) is 6.27. The lowest BCUT2D eigenvalue weighted by molar-refractivity contribution is -0.138. The number of carboxylic acids is 1. The molecule has 0 aliphatic carbocycles. The lowest BCUT2D eigenvalue weighted by Gasteiger charge is -2.12. The highest BCUT2D eigenvalue weighted by Gasteiger charge is 2.29. The average molecular weight is 406 g/mol. The third kappa shape index (κ3) is 3.29. The van der Waals surface area contributed by atoms with Crippen LogP contribution in [0.2, 0.25) is 10.0 Å². The van der Waals surface area contributed by atoms with E-state index in [0.29, 0.717) is 39.2 Å². The van der Waals surface area contributed by atoms with Crippen molar-refractivity contribution in [2.75, 3.05) is 0 Å². The highest BCUT2D eigenvalue weighted by Crippen LogP contribution is 2.38. The Morgan fingerprint density at radius 2 is 1.78 bits per heavy atom. The van der Waals surface area contributed by atoms with Crippen LogP contribution >= 0.6 is 23.2 Å². The number of hydrogen-bond donors (Lipinski definition) is 2. The fourth-order valence-electron chi connectivity index (χ4n) is 3.37. The van der Waals surface area contributed by atoms with Gasteiger partial charge in [-0.1, -0.05) is 30.1 Å². The second kappa shape index (κ2) is 7.25. The molecule has 5 nitrogen and oxygen atoms in total. The van der Waals surface area contributed by atoms with E-state index in [2.05, 4.69) is 0 Å². The van der Waals surface area contributed by atoms with Gasteiger partial charge in [0.05, 0.1) is 16.5 Å². The minimum Gasteiger partial charge on any atom is -0.506 e. The molecule has 0 fully saturated rings. The quantitative estimate of drug-likeness (QED) is 0.622. The van der Waals surface area contributed by atoms with E-state index in [-0.39, 0.29) is 16.7 Å². The van der Waals surface area contributed by atoms with Crippen molar-refractivity contribution in [2.45, 2.75) is 26.2 Å². The van der Waals surface area contributed by atoms with Crippen LogP contribution in [0.3, 0.4) is 0 Å². The van der Waals surface area contributed by atoms with Crippen molar-refractivity contribution in [1.82, 2.24) is 4.57 Å². The number of carboxylic acid groups (broad SMARTS) is 1. The van der Waals surface area contributed by atoms with E-state index >= 15 is 0 Å². The maximum Gasteiger partial charge on any atom is 0.311 e. The van der Waals surface area contributed by atoms with Crippen molar-refractivity contribution >= 4 is 46.0 Å². The molecule has 27 heavy (non-hydrogen) atoms. The number of hydrogen-bond acceptors (Lipinski definition) is 3. The number of aromatic nitrogens is 1. The van der Waals surface area contributed by atoms with Crippen LogP contribution in [0, 0.1) is 6.92 Å². The molecule has 1 heterocycles. The number of benzene rings is 2. The van der Waals surface area contributed by atoms with Crippen molar-refractivity contribution < 1.29 is 19.8 Å². The van der Waals surface area contributed by atoms with Crippen LogP contribution in [0.5, 0.6) is 5.75 Å². The Labute approximate surface area is 165 Å². The largest absolute Gasteiger partial charge is 0.506 e. The van der Waals surface area contributed by atoms with Gasteiger partial charge < -0.3 is 10.2 Å². The smallest absolute Gasteiger partial charge is 0.311 e. The van der Waals surface area contributed by atoms with E-state index in [0.717, 1.165) is 0 Å². The number of nitrogens with zero attached hydrogens (tertiary/aromatic N) is 1. The molecule has 0 aliphatic rings. The minimum atomic E-state index is -0.993. The lowest BCUT2D eigenvalue weighted by atomic mass is 9.94. The van der Waals surface area contributed by atoms with Gasteiger partial charge in [-0.3, -0.25) is 14.2 Å². The number of aliphatic carboxylic acids is 1. The molecule has 0 bridgehead atoms. The fraction of sp³-hybridized carbons (Fsp3) is 0.200. The van der Waals surface area contributed by atoms with Gasteiger partial charge in [0.1, 0.15) is 5.75 Å². The van der Waals surface area contributed by atoms with Gasteiger partial charge in [-0.15, -0.1) is 0 Å². The van der Waals surface area contributed by atoms with Crippen molar-refractivity contribution in [3.05, 3.63) is 63.3 Å². The van der Waals surface area contributed by atoms with Gasteiger partial charge >= 0.3 is 5.97 Å². The molecular weight excluding hydrogens is 389 g/mol. The molecule has 3 rings (SSSR count). The summed E-state index contributed by atoms with van der Waals surface area (Å²) in [5.41, 5.74) is 1.85. The third-order valence-electron chi connectivity index (χ3n) is 4.67. The molecule has 0 aliphatic heterocycles. The van der Waals surface area contributed by atoms with Crippen LogP contribution in [0.15, 0.2) is 36.4 Å². The highest BCUT2D eigenvalue weighted by atomic mass is 35.5. The molecule has 2 N–H and O–H groups in total. The summed E-state index contributed by atoms with van der Waals surface area (Å²) in [4.78, 5) is 24.9. The number of aromatic hydroxyl groups is 1. The summed E-state index contributed by atoms with van der Waals surface area (Å²) in [7, 11) is 0. The van der Waals surface area contributed by atoms with Crippen molar-refractivity contribution in [3.63, 3.8) is 0 Å². The first kappa shape index (κ1) is 19.3. The van der Waals surface area contributed by atoms with Crippen LogP contribution in [0.25, 0.3) is 10.9 Å². The standard InChI is InChI=1S/C20H17Cl2NO4/c1-3-13(20(26)27)18-10(2)23(16-9-15(22)17(24)8-14(16)18)19(25)11-4-6-12(21)7-5-11/h4-9,13,24H,3H2,1-2H3,(H,26,27). The summed E-state index contributed by atoms with van der Waals surface area (Å²) in [6.45, 7) is 3.46. The highest BCUT2D eigenvalue weighted by molar-refractivity contribution is 6.33. The van der Waals surface area contributed by atoms with E-state index < -0.39 is 11.9 Å². The zero-order chi connectivity index (χ0) is 19.9. The summed E-state index contributed by atoms with van der Waals surface area (Å²) in [6, 6.07) is 9.32. The first-order valence-electron chi connectivity index (χ1n) is 8.32. The van der Waals surface area contributed by atoms with Crippen LogP contribution in [0.4, 0.5) is 0 Å². The Bertz CT molecular complexity index is 1050. The number of fused-ring (bicyclic) bond motifs is 1. The maximum absolute atomic E-state index is 13.1. The van der Waals surface area contributed by atoms with Gasteiger partial charge in [0, 0.05) is 21.7 Å². The molecule has 1 atom stereocenters. The van der Waals surface area contributed by atoms with E-state index in [9.17, 15) is 19.8 Å². The van der Waals surface area contributed by atoms with Gasteiger partial charge in [-0.25, -0.2) is 0 Å². The van der Waals surface area contributed by atoms with Crippen LogP contribution in [-0.2, 0) is 4.79 Å². The second-order valence-corrected chi connectivity index (χ2v) is 7.11. The number of halogens is 2. The van der Waals surface area contributed by atoms with E-state index in [4.69, 9.17) is 23.2 Å². The molecule has 7 heteroatoms. The predicted molar refractivity (Wildman–Crippen MR) is 105 cm³/mol. The minimum absolute atomic E-state index is 0.0834. The van der Waals surface area contributed by atoms with Gasteiger partial charge in [0.25, 0.3) is 5.91 Å². The first-order chi connectivity index (χ1) is 12.8. The summed E-state index contributed by atoms with van der Waals surface area (Å²) < 4.78 is 1.44. The Kier molecular flexibility index (Phi) is 5.18. The summed E-state index contributed by atoms with van der Waals surface area (Å²) in [6.07, 6.45) is 0.341. The fourth-order valence-corrected chi connectivity index (χ4v) is 3.66. The van der Waals surface area contributed by atoms with Crippen molar-refractivity contribution in [2.24, 2.45) is 0 Å². The lowest BCUT2D eigenvalue weighted by Crippen LogP contribution is -2.16. The topological polar surface area (TPSA) is 79.5 Å². The van der Waals surface area contributed by atoms with Crippen LogP contribution in [-0.4, -0.2) is 26.7 Å². The number of phenols is 1. The first-order valence-corrected chi connectivity index (χ1v) is 9.08. The van der Waals surface area contributed by atoms with Crippen LogP contribution in [0.1, 0.15) is 40.9 Å². The molecular formula is C20H17Cl2NO4. The predicted octanol–water partition coefficient (Wildman–Crippen LogP) is 5.23. The molecule has 0 saturated heterocycles. The summed E-state index contributed by atoms with van der Waals surface area (Å²) in [5, 5.41) is 20.7.